The molecule has 1 fully saturated rings. The highest BCUT2D eigenvalue weighted by molar-refractivity contribution is 7.15. The van der Waals surface area contributed by atoms with Gasteiger partial charge in [-0.25, -0.2) is 4.98 Å². The third kappa shape index (κ3) is 2.62. The molecule has 1 aliphatic rings. The predicted molar refractivity (Wildman–Crippen MR) is 75.4 cm³/mol. The minimum absolute atomic E-state index is 0.0275. The number of hydrogen-bond acceptors (Lipinski definition) is 7. The van der Waals surface area contributed by atoms with Gasteiger partial charge in [0, 0.05) is 32.1 Å². The lowest BCUT2D eigenvalue weighted by Gasteiger charge is -2.36. The zero-order chi connectivity index (χ0) is 16.1. The second kappa shape index (κ2) is 5.11. The average Bonchev–Trinajstić information content (AvgIpc) is 2.94. The van der Waals surface area contributed by atoms with Gasteiger partial charge in [0.15, 0.2) is 10.8 Å². The summed E-state index contributed by atoms with van der Waals surface area (Å²) in [6, 6.07) is 0. The van der Waals surface area contributed by atoms with Crippen molar-refractivity contribution in [1.29, 1.82) is 0 Å². The molecule has 0 unspecified atom stereocenters. The van der Waals surface area contributed by atoms with Gasteiger partial charge in [-0.05, 0) is 12.1 Å². The van der Waals surface area contributed by atoms with Crippen molar-refractivity contribution in [2.45, 2.75) is 19.0 Å². The van der Waals surface area contributed by atoms with E-state index in [4.69, 9.17) is 4.52 Å². The summed E-state index contributed by atoms with van der Waals surface area (Å²) in [5.41, 5.74) is -0.802. The molecular formula is C12H14F3N5OS. The Bertz CT molecular complexity index is 675. The summed E-state index contributed by atoms with van der Waals surface area (Å²) in [6.07, 6.45) is -4.41. The topological polar surface area (TPSA) is 58.3 Å². The molecule has 0 amide bonds. The van der Waals surface area contributed by atoms with Crippen molar-refractivity contribution < 1.29 is 17.7 Å². The number of nitrogens with zero attached hydrogens (tertiary/aromatic N) is 5. The molecule has 2 aromatic heterocycles. The molecule has 120 valence electrons. The van der Waals surface area contributed by atoms with Gasteiger partial charge in [-0.15, -0.1) is 11.3 Å². The Labute approximate surface area is 128 Å². The van der Waals surface area contributed by atoms with Gasteiger partial charge in [0.2, 0.25) is 5.89 Å². The normalized spacial score (nSPS) is 16.0. The van der Waals surface area contributed by atoms with Crippen molar-refractivity contribution in [1.82, 2.24) is 15.1 Å². The lowest BCUT2D eigenvalue weighted by atomic mass is 10.0. The first-order valence-electron chi connectivity index (χ1n) is 6.56. The summed E-state index contributed by atoms with van der Waals surface area (Å²) in [5, 5.41) is 4.21. The van der Waals surface area contributed by atoms with Crippen LogP contribution in [-0.4, -0.2) is 42.3 Å². The number of alkyl halides is 3. The fourth-order valence-corrected chi connectivity index (χ4v) is 3.09. The molecule has 22 heavy (non-hydrogen) atoms. The highest BCUT2D eigenvalue weighted by atomic mass is 32.1. The van der Waals surface area contributed by atoms with Crippen molar-refractivity contribution >= 4 is 22.4 Å². The minimum Gasteiger partial charge on any atom is -0.346 e. The van der Waals surface area contributed by atoms with Crippen LogP contribution in [0.3, 0.4) is 0 Å². The van der Waals surface area contributed by atoms with Gasteiger partial charge in [-0.3, -0.25) is 0 Å². The summed E-state index contributed by atoms with van der Waals surface area (Å²) < 4.78 is 43.4. The third-order valence-electron chi connectivity index (χ3n) is 3.39. The lowest BCUT2D eigenvalue weighted by molar-refractivity contribution is -0.141. The average molecular weight is 333 g/mol. The van der Waals surface area contributed by atoms with E-state index in [9.17, 15) is 13.2 Å². The van der Waals surface area contributed by atoms with Crippen LogP contribution in [0.4, 0.5) is 24.3 Å². The van der Waals surface area contributed by atoms with E-state index in [1.165, 1.54) is 6.92 Å². The van der Waals surface area contributed by atoms with Crippen LogP contribution in [-0.2, 0) is 6.18 Å². The number of rotatable bonds is 3. The standard InChI is InChI=1S/C12H14F3N5OS/c1-6-8(12(13,14)15)16-11(22-6)20-4-7(5-20)9-17-10(18-21-9)19(2)3/h7H,4-5H2,1-3H3. The van der Waals surface area contributed by atoms with Gasteiger partial charge in [-0.2, -0.15) is 18.2 Å². The van der Waals surface area contributed by atoms with Crippen molar-refractivity contribution in [2.75, 3.05) is 37.0 Å². The predicted octanol–water partition coefficient (Wildman–Crippen LogP) is 2.52. The molecule has 6 nitrogen and oxygen atoms in total. The maximum absolute atomic E-state index is 12.8. The molecule has 1 aliphatic heterocycles. The Morgan fingerprint density at radius 3 is 2.45 bits per heavy atom. The summed E-state index contributed by atoms with van der Waals surface area (Å²) in [7, 11) is 3.61. The first-order chi connectivity index (χ1) is 10.3. The number of thiazole rings is 1. The van der Waals surface area contributed by atoms with E-state index in [-0.39, 0.29) is 10.8 Å². The Morgan fingerprint density at radius 2 is 1.95 bits per heavy atom. The molecule has 1 saturated heterocycles. The number of aromatic nitrogens is 3. The fraction of sp³-hybridized carbons (Fsp3) is 0.583. The Balaban J connectivity index is 1.68. The molecule has 10 heteroatoms. The van der Waals surface area contributed by atoms with Crippen LogP contribution in [0.2, 0.25) is 0 Å². The quantitative estimate of drug-likeness (QED) is 0.860. The molecule has 2 aromatic rings. The van der Waals surface area contributed by atoms with Gasteiger partial charge in [0.25, 0.3) is 5.95 Å². The second-order valence-corrected chi connectivity index (χ2v) is 6.51. The smallest absolute Gasteiger partial charge is 0.346 e. The molecular weight excluding hydrogens is 319 g/mol. The van der Waals surface area contributed by atoms with E-state index in [0.29, 0.717) is 30.1 Å². The van der Waals surface area contributed by atoms with E-state index in [2.05, 4.69) is 15.1 Å². The molecule has 0 aromatic carbocycles. The monoisotopic (exact) mass is 333 g/mol. The summed E-state index contributed by atoms with van der Waals surface area (Å²) >= 11 is 1.05. The van der Waals surface area contributed by atoms with Crippen LogP contribution >= 0.6 is 11.3 Å². The maximum Gasteiger partial charge on any atom is 0.434 e. The maximum atomic E-state index is 12.8. The highest BCUT2D eigenvalue weighted by Crippen LogP contribution is 2.39. The number of aryl methyl sites for hydroxylation is 1. The highest BCUT2D eigenvalue weighted by Gasteiger charge is 2.39. The zero-order valence-electron chi connectivity index (χ0n) is 12.2. The van der Waals surface area contributed by atoms with Crippen LogP contribution in [0, 0.1) is 6.92 Å². The fourth-order valence-electron chi connectivity index (χ4n) is 2.15. The van der Waals surface area contributed by atoms with Crippen molar-refractivity contribution in [2.24, 2.45) is 0 Å². The van der Waals surface area contributed by atoms with Crippen molar-refractivity contribution in [3.63, 3.8) is 0 Å². The van der Waals surface area contributed by atoms with E-state index >= 15 is 0 Å². The molecule has 0 atom stereocenters. The van der Waals surface area contributed by atoms with E-state index in [1.54, 1.807) is 23.9 Å². The third-order valence-corrected chi connectivity index (χ3v) is 4.42. The largest absolute Gasteiger partial charge is 0.434 e. The minimum atomic E-state index is -4.41. The summed E-state index contributed by atoms with van der Waals surface area (Å²) in [6.45, 7) is 2.49. The molecule has 0 aliphatic carbocycles. The lowest BCUT2D eigenvalue weighted by Crippen LogP contribution is -2.45. The van der Waals surface area contributed by atoms with Crippen LogP contribution in [0.1, 0.15) is 22.4 Å². The molecule has 0 radical (unpaired) electrons. The van der Waals surface area contributed by atoms with Gasteiger partial charge in [-0.1, -0.05) is 0 Å². The van der Waals surface area contributed by atoms with Crippen LogP contribution < -0.4 is 9.80 Å². The molecule has 0 saturated carbocycles. The number of anilines is 2. The summed E-state index contributed by atoms with van der Waals surface area (Å²) in [5.74, 6) is 1.02. The number of halogens is 3. The first-order valence-corrected chi connectivity index (χ1v) is 7.38. The Hall–Kier alpha value is -1.84. The summed E-state index contributed by atoms with van der Waals surface area (Å²) in [4.78, 5) is 11.6. The molecule has 0 spiro atoms. The molecule has 3 heterocycles. The Morgan fingerprint density at radius 1 is 1.27 bits per heavy atom. The van der Waals surface area contributed by atoms with Crippen LogP contribution in [0.5, 0.6) is 0 Å². The molecule has 3 rings (SSSR count). The van der Waals surface area contributed by atoms with E-state index in [1.807, 2.05) is 0 Å². The van der Waals surface area contributed by atoms with Gasteiger partial charge < -0.3 is 14.3 Å². The molecule has 0 bridgehead atoms. The first kappa shape index (κ1) is 15.1. The van der Waals surface area contributed by atoms with Crippen LogP contribution in [0.25, 0.3) is 0 Å². The zero-order valence-corrected chi connectivity index (χ0v) is 13.0. The van der Waals surface area contributed by atoms with Crippen molar-refractivity contribution in [3.8, 4) is 0 Å². The van der Waals surface area contributed by atoms with Gasteiger partial charge >= 0.3 is 6.18 Å². The second-order valence-electron chi connectivity index (χ2n) is 5.33. The van der Waals surface area contributed by atoms with Crippen LogP contribution in [0.15, 0.2) is 4.52 Å². The van der Waals surface area contributed by atoms with E-state index < -0.39 is 11.9 Å². The molecule has 0 N–H and O–H groups in total. The Kier molecular flexibility index (Phi) is 3.50. The SMILES string of the molecule is Cc1sc(N2CC(c3nc(N(C)C)no3)C2)nc1C(F)(F)F. The van der Waals surface area contributed by atoms with Gasteiger partial charge in [0.1, 0.15) is 0 Å². The number of hydrogen-bond donors (Lipinski definition) is 0. The van der Waals surface area contributed by atoms with Crippen molar-refractivity contribution in [3.05, 3.63) is 16.5 Å². The van der Waals surface area contributed by atoms with Gasteiger partial charge in [0.05, 0.1) is 5.92 Å². The van der Waals surface area contributed by atoms with E-state index in [0.717, 1.165) is 11.3 Å².